The standard InChI is InChI=1S/C13H13BrO3/c1-2-17-12(16)13(7-9(15)8-13)10-5-3-4-6-11(10)14/h3-6H,2,7-8H2,1H3. The first-order valence-corrected chi connectivity index (χ1v) is 6.33. The molecular weight excluding hydrogens is 284 g/mol. The summed E-state index contributed by atoms with van der Waals surface area (Å²) in [6.07, 6.45) is 0.489. The number of ketones is 1. The Morgan fingerprint density at radius 3 is 2.59 bits per heavy atom. The van der Waals surface area contributed by atoms with Gasteiger partial charge in [-0.2, -0.15) is 0 Å². The van der Waals surface area contributed by atoms with Crippen molar-refractivity contribution in [2.45, 2.75) is 25.2 Å². The van der Waals surface area contributed by atoms with Gasteiger partial charge in [0.05, 0.1) is 6.61 Å². The Labute approximate surface area is 108 Å². The molecule has 0 radical (unpaired) electrons. The summed E-state index contributed by atoms with van der Waals surface area (Å²) in [4.78, 5) is 23.3. The molecule has 1 aliphatic rings. The highest BCUT2D eigenvalue weighted by atomic mass is 79.9. The molecule has 17 heavy (non-hydrogen) atoms. The molecule has 2 rings (SSSR count). The lowest BCUT2D eigenvalue weighted by Gasteiger charge is -2.38. The summed E-state index contributed by atoms with van der Waals surface area (Å²) in [5.74, 6) is -0.194. The fraction of sp³-hybridized carbons (Fsp3) is 0.385. The van der Waals surface area contributed by atoms with E-state index < -0.39 is 5.41 Å². The molecule has 0 saturated heterocycles. The number of halogens is 1. The molecule has 0 aromatic heterocycles. The molecule has 1 aromatic rings. The zero-order valence-corrected chi connectivity index (χ0v) is 11.1. The minimum Gasteiger partial charge on any atom is -0.465 e. The molecule has 1 saturated carbocycles. The first-order chi connectivity index (χ1) is 8.10. The highest BCUT2D eigenvalue weighted by Crippen LogP contribution is 2.45. The Morgan fingerprint density at radius 2 is 2.06 bits per heavy atom. The lowest BCUT2D eigenvalue weighted by molar-refractivity contribution is -0.158. The molecule has 3 nitrogen and oxygen atoms in total. The van der Waals surface area contributed by atoms with Crippen LogP contribution in [-0.4, -0.2) is 18.4 Å². The molecule has 0 unspecified atom stereocenters. The van der Waals surface area contributed by atoms with E-state index in [1.165, 1.54) is 0 Å². The lowest BCUT2D eigenvalue weighted by Crippen LogP contribution is -2.49. The van der Waals surface area contributed by atoms with E-state index in [-0.39, 0.29) is 24.6 Å². The average molecular weight is 297 g/mol. The highest BCUT2D eigenvalue weighted by Gasteiger charge is 2.53. The number of carbonyl (C=O) groups excluding carboxylic acids is 2. The normalized spacial score (nSPS) is 17.4. The topological polar surface area (TPSA) is 43.4 Å². The van der Waals surface area contributed by atoms with Crippen LogP contribution in [0.5, 0.6) is 0 Å². The van der Waals surface area contributed by atoms with Crippen molar-refractivity contribution in [2.75, 3.05) is 6.61 Å². The molecule has 90 valence electrons. The van der Waals surface area contributed by atoms with Crippen LogP contribution < -0.4 is 0 Å². The minimum atomic E-state index is -0.771. The van der Waals surface area contributed by atoms with E-state index in [9.17, 15) is 9.59 Å². The second-order valence-electron chi connectivity index (χ2n) is 4.17. The summed E-state index contributed by atoms with van der Waals surface area (Å²) in [5.41, 5.74) is 0.0748. The van der Waals surface area contributed by atoms with Crippen LogP contribution in [0.15, 0.2) is 28.7 Å². The fourth-order valence-corrected chi connectivity index (χ4v) is 2.85. The molecule has 0 heterocycles. The van der Waals surface area contributed by atoms with E-state index in [4.69, 9.17) is 4.74 Å². The number of ether oxygens (including phenoxy) is 1. The summed E-state index contributed by atoms with van der Waals surface area (Å²) in [7, 11) is 0. The average Bonchev–Trinajstić information content (AvgIpc) is 2.26. The van der Waals surface area contributed by atoms with Gasteiger partial charge < -0.3 is 4.74 Å². The molecule has 0 spiro atoms. The number of hydrogen-bond donors (Lipinski definition) is 0. The van der Waals surface area contributed by atoms with Gasteiger partial charge in [0.1, 0.15) is 11.2 Å². The van der Waals surface area contributed by atoms with Crippen LogP contribution in [-0.2, 0) is 19.7 Å². The zero-order valence-electron chi connectivity index (χ0n) is 9.53. The van der Waals surface area contributed by atoms with Crippen LogP contribution in [0, 0.1) is 0 Å². The van der Waals surface area contributed by atoms with Crippen LogP contribution in [0.3, 0.4) is 0 Å². The first-order valence-electron chi connectivity index (χ1n) is 5.54. The van der Waals surface area contributed by atoms with Crippen molar-refractivity contribution in [2.24, 2.45) is 0 Å². The smallest absolute Gasteiger partial charge is 0.317 e. The molecule has 0 aliphatic heterocycles. The van der Waals surface area contributed by atoms with Gasteiger partial charge in [-0.1, -0.05) is 34.1 Å². The van der Waals surface area contributed by atoms with Crippen molar-refractivity contribution < 1.29 is 14.3 Å². The molecule has 0 atom stereocenters. The van der Waals surface area contributed by atoms with E-state index in [1.807, 2.05) is 24.3 Å². The number of hydrogen-bond acceptors (Lipinski definition) is 3. The first kappa shape index (κ1) is 12.3. The molecule has 1 aliphatic carbocycles. The van der Waals surface area contributed by atoms with Gasteiger partial charge in [0.2, 0.25) is 0 Å². The number of Topliss-reactive ketones (excluding diaryl/α,β-unsaturated/α-hetero) is 1. The molecule has 0 bridgehead atoms. The predicted octanol–water partition coefficient (Wildman–Crippen LogP) is 2.61. The zero-order chi connectivity index (χ0) is 12.5. The van der Waals surface area contributed by atoms with E-state index >= 15 is 0 Å². The van der Waals surface area contributed by atoms with Crippen molar-refractivity contribution in [1.29, 1.82) is 0 Å². The Hall–Kier alpha value is -1.16. The summed E-state index contributed by atoms with van der Waals surface area (Å²) >= 11 is 3.43. The Morgan fingerprint density at radius 1 is 1.41 bits per heavy atom. The molecular formula is C13H13BrO3. The third-order valence-electron chi connectivity index (χ3n) is 3.05. The number of esters is 1. The van der Waals surface area contributed by atoms with Crippen molar-refractivity contribution in [3.63, 3.8) is 0 Å². The molecule has 0 amide bonds. The molecule has 1 aromatic carbocycles. The lowest BCUT2D eigenvalue weighted by atomic mass is 9.63. The Balaban J connectivity index is 2.39. The van der Waals surface area contributed by atoms with Gasteiger partial charge in [0.15, 0.2) is 0 Å². The number of carbonyl (C=O) groups is 2. The second-order valence-corrected chi connectivity index (χ2v) is 5.03. The summed E-state index contributed by atoms with van der Waals surface area (Å²) < 4.78 is 5.94. The maximum absolute atomic E-state index is 12.1. The van der Waals surface area contributed by atoms with E-state index in [1.54, 1.807) is 6.92 Å². The Bertz CT molecular complexity index is 459. The quantitative estimate of drug-likeness (QED) is 0.805. The largest absolute Gasteiger partial charge is 0.465 e. The molecule has 0 N–H and O–H groups in total. The van der Waals surface area contributed by atoms with Gasteiger partial charge in [0.25, 0.3) is 0 Å². The Kier molecular flexibility index (Phi) is 3.33. The van der Waals surface area contributed by atoms with Crippen LogP contribution in [0.4, 0.5) is 0 Å². The van der Waals surface area contributed by atoms with Crippen molar-refractivity contribution in [3.05, 3.63) is 34.3 Å². The van der Waals surface area contributed by atoms with Gasteiger partial charge in [0, 0.05) is 17.3 Å². The maximum atomic E-state index is 12.1. The van der Waals surface area contributed by atoms with Crippen LogP contribution in [0.1, 0.15) is 25.3 Å². The monoisotopic (exact) mass is 296 g/mol. The van der Waals surface area contributed by atoms with Crippen molar-refractivity contribution >= 4 is 27.7 Å². The summed E-state index contributed by atoms with van der Waals surface area (Å²) in [5, 5.41) is 0. The third kappa shape index (κ3) is 2.02. The molecule has 4 heteroatoms. The van der Waals surface area contributed by atoms with Gasteiger partial charge in [-0.25, -0.2) is 0 Å². The summed E-state index contributed by atoms with van der Waals surface area (Å²) in [6, 6.07) is 7.49. The predicted molar refractivity (Wildman–Crippen MR) is 66.7 cm³/mol. The van der Waals surface area contributed by atoms with E-state index in [2.05, 4.69) is 15.9 Å². The van der Waals surface area contributed by atoms with Crippen molar-refractivity contribution in [3.8, 4) is 0 Å². The third-order valence-corrected chi connectivity index (χ3v) is 3.74. The maximum Gasteiger partial charge on any atom is 0.317 e. The van der Waals surface area contributed by atoms with Gasteiger partial charge in [-0.05, 0) is 18.6 Å². The summed E-state index contributed by atoms with van der Waals surface area (Å²) in [6.45, 7) is 2.10. The van der Waals surface area contributed by atoms with Crippen molar-refractivity contribution in [1.82, 2.24) is 0 Å². The highest BCUT2D eigenvalue weighted by molar-refractivity contribution is 9.10. The van der Waals surface area contributed by atoms with Crippen LogP contribution >= 0.6 is 15.9 Å². The number of rotatable bonds is 3. The SMILES string of the molecule is CCOC(=O)C1(c2ccccc2Br)CC(=O)C1. The molecule has 1 fully saturated rings. The number of benzene rings is 1. The van der Waals surface area contributed by atoms with Gasteiger partial charge in [-0.15, -0.1) is 0 Å². The fourth-order valence-electron chi connectivity index (χ4n) is 2.18. The second kappa shape index (κ2) is 4.61. The van der Waals surface area contributed by atoms with Crippen LogP contribution in [0.25, 0.3) is 0 Å². The van der Waals surface area contributed by atoms with Crippen LogP contribution in [0.2, 0.25) is 0 Å². The van der Waals surface area contributed by atoms with E-state index in [0.29, 0.717) is 6.61 Å². The van der Waals surface area contributed by atoms with Gasteiger partial charge in [-0.3, -0.25) is 9.59 Å². The minimum absolute atomic E-state index is 0.105. The van der Waals surface area contributed by atoms with Gasteiger partial charge >= 0.3 is 5.97 Å². The van der Waals surface area contributed by atoms with E-state index in [0.717, 1.165) is 10.0 Å².